The van der Waals surface area contributed by atoms with E-state index in [-0.39, 0.29) is 5.69 Å². The summed E-state index contributed by atoms with van der Waals surface area (Å²) >= 11 is 0. The largest absolute Gasteiger partial charge is 0.385 e. The van der Waals surface area contributed by atoms with E-state index >= 15 is 0 Å². The van der Waals surface area contributed by atoms with Gasteiger partial charge >= 0.3 is 0 Å². The highest BCUT2D eigenvalue weighted by molar-refractivity contribution is 5.48. The monoisotopic (exact) mass is 238 g/mol. The lowest BCUT2D eigenvalue weighted by Gasteiger charge is -2.00. The van der Waals surface area contributed by atoms with Gasteiger partial charge in [-0.25, -0.2) is 13.5 Å². The smallest absolute Gasteiger partial charge is 0.284 e. The number of hydrogen-bond acceptors (Lipinski definition) is 3. The average Bonchev–Trinajstić information content (AvgIpc) is 2.73. The minimum Gasteiger partial charge on any atom is -0.385 e. The lowest BCUT2D eigenvalue weighted by molar-refractivity contribution is 0.146. The van der Waals surface area contributed by atoms with Gasteiger partial charge in [-0.05, 0) is 18.6 Å². The van der Waals surface area contributed by atoms with E-state index in [1.165, 1.54) is 10.9 Å². The van der Waals surface area contributed by atoms with Gasteiger partial charge in [0.1, 0.15) is 0 Å². The molecule has 2 rings (SSSR count). The van der Waals surface area contributed by atoms with Crippen LogP contribution in [0.4, 0.5) is 14.5 Å². The summed E-state index contributed by atoms with van der Waals surface area (Å²) in [4.78, 5) is 4.00. The fraction of sp³-hybridized carbons (Fsp3) is 0.273. The first-order chi connectivity index (χ1) is 8.11. The molecule has 2 aromatic heterocycles. The molecule has 0 aliphatic rings. The van der Waals surface area contributed by atoms with Gasteiger partial charge in [-0.2, -0.15) is 5.10 Å². The van der Waals surface area contributed by atoms with Crippen LogP contribution in [0.15, 0.2) is 24.7 Å². The van der Waals surface area contributed by atoms with Crippen molar-refractivity contribution in [1.29, 1.82) is 0 Å². The van der Waals surface area contributed by atoms with Crippen molar-refractivity contribution < 1.29 is 8.78 Å². The molecule has 0 bridgehead atoms. The highest BCUT2D eigenvalue weighted by Gasteiger charge is 2.17. The van der Waals surface area contributed by atoms with Crippen LogP contribution in [-0.2, 0) is 0 Å². The predicted molar refractivity (Wildman–Crippen MR) is 60.6 cm³/mol. The van der Waals surface area contributed by atoms with Crippen molar-refractivity contribution in [2.75, 3.05) is 12.4 Å². The Labute approximate surface area is 97.3 Å². The maximum absolute atomic E-state index is 12.7. The molecular weight excluding hydrogens is 226 g/mol. The third kappa shape index (κ3) is 2.25. The van der Waals surface area contributed by atoms with Gasteiger partial charge in [0.2, 0.25) is 0 Å². The zero-order valence-corrected chi connectivity index (χ0v) is 9.48. The van der Waals surface area contributed by atoms with Gasteiger partial charge in [0.25, 0.3) is 6.43 Å². The molecule has 0 atom stereocenters. The zero-order chi connectivity index (χ0) is 12.4. The predicted octanol–water partition coefficient (Wildman–Crippen LogP) is 2.56. The SMILES string of the molecule is CNc1cn(-c2cncc(C)c2)nc1C(F)F. The summed E-state index contributed by atoms with van der Waals surface area (Å²) < 4.78 is 26.8. The molecule has 0 saturated heterocycles. The number of nitrogens with one attached hydrogen (secondary N) is 1. The first kappa shape index (κ1) is 11.5. The summed E-state index contributed by atoms with van der Waals surface area (Å²) in [6.07, 6.45) is 2.20. The number of anilines is 1. The Hall–Kier alpha value is -1.98. The number of pyridine rings is 1. The molecule has 0 amide bonds. The van der Waals surface area contributed by atoms with Crippen LogP contribution in [0, 0.1) is 6.92 Å². The Balaban J connectivity index is 2.46. The van der Waals surface area contributed by atoms with Crippen molar-refractivity contribution in [3.63, 3.8) is 0 Å². The van der Waals surface area contributed by atoms with E-state index in [1.807, 2.05) is 13.0 Å². The van der Waals surface area contributed by atoms with Crippen LogP contribution >= 0.6 is 0 Å². The molecule has 17 heavy (non-hydrogen) atoms. The summed E-state index contributed by atoms with van der Waals surface area (Å²) in [7, 11) is 1.59. The standard InChI is InChI=1S/C11H12F2N4/c1-7-3-8(5-15-4-7)17-6-9(14-2)10(16-17)11(12)13/h3-6,11,14H,1-2H3. The summed E-state index contributed by atoms with van der Waals surface area (Å²) in [5.74, 6) is 0. The second-order valence-electron chi connectivity index (χ2n) is 3.64. The molecule has 4 nitrogen and oxygen atoms in total. The lowest BCUT2D eigenvalue weighted by Crippen LogP contribution is -1.97. The zero-order valence-electron chi connectivity index (χ0n) is 9.48. The molecule has 6 heteroatoms. The van der Waals surface area contributed by atoms with Crippen LogP contribution in [-0.4, -0.2) is 21.8 Å². The van der Waals surface area contributed by atoms with Crippen molar-refractivity contribution in [1.82, 2.24) is 14.8 Å². The summed E-state index contributed by atoms with van der Waals surface area (Å²) in [5.41, 5.74) is 1.67. The van der Waals surface area contributed by atoms with Crippen molar-refractivity contribution >= 4 is 5.69 Å². The summed E-state index contributed by atoms with van der Waals surface area (Å²) in [6.45, 7) is 1.88. The van der Waals surface area contributed by atoms with E-state index in [0.29, 0.717) is 11.4 Å². The average molecular weight is 238 g/mol. The van der Waals surface area contributed by atoms with Gasteiger partial charge in [-0.3, -0.25) is 4.98 Å². The summed E-state index contributed by atoms with van der Waals surface area (Å²) in [5, 5.41) is 6.55. The minimum atomic E-state index is -2.60. The number of alkyl halides is 2. The van der Waals surface area contributed by atoms with E-state index in [1.54, 1.807) is 19.4 Å². The Kier molecular flexibility index (Phi) is 3.03. The van der Waals surface area contributed by atoms with Gasteiger partial charge in [-0.1, -0.05) is 0 Å². The molecule has 0 unspecified atom stereocenters. The highest BCUT2D eigenvalue weighted by atomic mass is 19.3. The van der Waals surface area contributed by atoms with E-state index in [9.17, 15) is 8.78 Å². The van der Waals surface area contributed by atoms with Crippen LogP contribution < -0.4 is 5.32 Å². The molecule has 0 fully saturated rings. The van der Waals surface area contributed by atoms with Gasteiger partial charge < -0.3 is 5.32 Å². The van der Waals surface area contributed by atoms with Crippen molar-refractivity contribution in [2.45, 2.75) is 13.3 Å². The minimum absolute atomic E-state index is 0.256. The normalized spacial score (nSPS) is 10.9. The maximum Gasteiger partial charge on any atom is 0.284 e. The Morgan fingerprint density at radius 2 is 2.12 bits per heavy atom. The molecule has 2 heterocycles. The van der Waals surface area contributed by atoms with Gasteiger partial charge in [0.05, 0.1) is 23.8 Å². The lowest BCUT2D eigenvalue weighted by atomic mass is 10.3. The van der Waals surface area contributed by atoms with E-state index in [0.717, 1.165) is 5.56 Å². The molecule has 0 aliphatic heterocycles. The van der Waals surface area contributed by atoms with E-state index in [4.69, 9.17) is 0 Å². The van der Waals surface area contributed by atoms with Crippen LogP contribution in [0.25, 0.3) is 5.69 Å². The van der Waals surface area contributed by atoms with Gasteiger partial charge in [0.15, 0.2) is 5.69 Å². The molecule has 0 spiro atoms. The first-order valence-corrected chi connectivity index (χ1v) is 5.09. The molecular formula is C11H12F2N4. The highest BCUT2D eigenvalue weighted by Crippen LogP contribution is 2.26. The Bertz CT molecular complexity index is 522. The first-order valence-electron chi connectivity index (χ1n) is 5.09. The quantitative estimate of drug-likeness (QED) is 0.893. The van der Waals surface area contributed by atoms with Crippen molar-refractivity contribution in [3.05, 3.63) is 35.9 Å². The summed E-state index contributed by atoms with van der Waals surface area (Å²) in [6, 6.07) is 1.83. The fourth-order valence-corrected chi connectivity index (χ4v) is 1.54. The molecule has 0 radical (unpaired) electrons. The van der Waals surface area contributed by atoms with Gasteiger partial charge in [0, 0.05) is 13.2 Å². The van der Waals surface area contributed by atoms with Crippen molar-refractivity contribution in [3.8, 4) is 5.69 Å². The number of aromatic nitrogens is 3. The number of hydrogen-bond donors (Lipinski definition) is 1. The fourth-order valence-electron chi connectivity index (χ4n) is 1.54. The topological polar surface area (TPSA) is 42.7 Å². The van der Waals surface area contributed by atoms with E-state index < -0.39 is 6.43 Å². The van der Waals surface area contributed by atoms with Crippen LogP contribution in [0.1, 0.15) is 17.7 Å². The van der Waals surface area contributed by atoms with Crippen LogP contribution in [0.2, 0.25) is 0 Å². The van der Waals surface area contributed by atoms with Gasteiger partial charge in [-0.15, -0.1) is 0 Å². The second-order valence-corrected chi connectivity index (χ2v) is 3.64. The molecule has 0 aliphatic carbocycles. The third-order valence-corrected chi connectivity index (χ3v) is 2.34. The molecule has 0 aromatic carbocycles. The molecule has 2 aromatic rings. The molecule has 1 N–H and O–H groups in total. The third-order valence-electron chi connectivity index (χ3n) is 2.34. The number of halogens is 2. The second kappa shape index (κ2) is 4.48. The number of nitrogens with zero attached hydrogens (tertiary/aromatic N) is 3. The number of aryl methyl sites for hydroxylation is 1. The van der Waals surface area contributed by atoms with Crippen molar-refractivity contribution in [2.24, 2.45) is 0 Å². The van der Waals surface area contributed by atoms with E-state index in [2.05, 4.69) is 15.4 Å². The molecule has 90 valence electrons. The van der Waals surface area contributed by atoms with Crippen LogP contribution in [0.3, 0.4) is 0 Å². The Morgan fingerprint density at radius 1 is 1.35 bits per heavy atom. The Morgan fingerprint density at radius 3 is 2.65 bits per heavy atom. The van der Waals surface area contributed by atoms with Crippen LogP contribution in [0.5, 0.6) is 0 Å². The number of rotatable bonds is 3. The maximum atomic E-state index is 12.7. The molecule has 0 saturated carbocycles.